The van der Waals surface area contributed by atoms with E-state index in [0.29, 0.717) is 50.3 Å². The highest BCUT2D eigenvalue weighted by molar-refractivity contribution is 7.23. The number of carbonyl (C=O) groups excluding carboxylic acids is 1. The molecular formula is C34H31Cl2F4N7O2S. The molecule has 1 unspecified atom stereocenters. The molecule has 9 nitrogen and oxygen atoms in total. The van der Waals surface area contributed by atoms with Gasteiger partial charge in [0.25, 0.3) is 11.5 Å². The summed E-state index contributed by atoms with van der Waals surface area (Å²) in [5, 5.41) is 10.4. The highest BCUT2D eigenvalue weighted by Crippen LogP contribution is 2.47. The number of fused-ring (bicyclic) bond motifs is 3. The third kappa shape index (κ3) is 5.31. The van der Waals surface area contributed by atoms with Crippen LogP contribution in [0.4, 0.5) is 28.4 Å². The second kappa shape index (κ2) is 12.3. The van der Waals surface area contributed by atoms with Crippen molar-refractivity contribution in [2.75, 3.05) is 56.5 Å². The van der Waals surface area contributed by atoms with Crippen LogP contribution < -0.4 is 15.4 Å². The molecule has 2 aromatic carbocycles. The van der Waals surface area contributed by atoms with E-state index in [1.165, 1.54) is 17.0 Å². The second-order valence-corrected chi connectivity index (χ2v) is 15.8. The molecule has 8 rings (SSSR count). The summed E-state index contributed by atoms with van der Waals surface area (Å²) in [6.45, 7) is 2.81. The lowest BCUT2D eigenvalue weighted by molar-refractivity contribution is -0.146. The zero-order valence-electron chi connectivity index (χ0n) is 26.6. The van der Waals surface area contributed by atoms with E-state index in [0.717, 1.165) is 43.6 Å². The average Bonchev–Trinajstić information content (AvgIpc) is 3.72. The molecule has 50 heavy (non-hydrogen) atoms. The van der Waals surface area contributed by atoms with Crippen LogP contribution in [0.2, 0.25) is 5.02 Å². The van der Waals surface area contributed by atoms with Gasteiger partial charge in [0.1, 0.15) is 41.0 Å². The van der Waals surface area contributed by atoms with E-state index in [1.807, 2.05) is 11.0 Å². The first-order valence-electron chi connectivity index (χ1n) is 16.4. The van der Waals surface area contributed by atoms with E-state index in [9.17, 15) is 23.2 Å². The van der Waals surface area contributed by atoms with E-state index >= 15 is 4.39 Å². The third-order valence-corrected chi connectivity index (χ3v) is 12.3. The summed E-state index contributed by atoms with van der Waals surface area (Å²) in [6, 6.07) is 6.00. The van der Waals surface area contributed by atoms with Crippen molar-refractivity contribution in [1.29, 1.82) is 5.26 Å². The van der Waals surface area contributed by atoms with Crippen molar-refractivity contribution in [3.8, 4) is 23.2 Å². The average molecular weight is 749 g/mol. The first-order chi connectivity index (χ1) is 23.9. The number of nitrogens with zero attached hydrogens (tertiary/aromatic N) is 6. The molecule has 0 bridgehead atoms. The maximum atomic E-state index is 17.1. The number of rotatable bonds is 6. The minimum absolute atomic E-state index is 0.0150. The van der Waals surface area contributed by atoms with Crippen molar-refractivity contribution in [3.63, 3.8) is 0 Å². The standard InChI is InChI=1S/C34H31Cl2F4N7O2S/c35-21-9-19-26(25(39)24(21)18-3-4-22(38)27-23(18)20(11-41)29(42)50-27)43-32(49-16-34-6-2-8-47(34)12-17(37)10-34)44-30(19)45-7-1-5-33(13-45)14-46(15-33)31(48)28(36)40/h3-4,9,17,28H,1-2,5-8,10,12-16,42H2/t17-,28?,34+/m1/s1. The van der Waals surface area contributed by atoms with E-state index in [-0.39, 0.29) is 60.3 Å². The smallest absolute Gasteiger partial charge is 0.319 e. The lowest BCUT2D eigenvalue weighted by Crippen LogP contribution is -2.65. The molecular weight excluding hydrogens is 717 g/mol. The van der Waals surface area contributed by atoms with Crippen LogP contribution in [-0.4, -0.2) is 88.9 Å². The summed E-state index contributed by atoms with van der Waals surface area (Å²) in [6.07, 6.45) is 2.50. The van der Waals surface area contributed by atoms with E-state index in [4.69, 9.17) is 38.7 Å². The van der Waals surface area contributed by atoms with E-state index in [2.05, 4.69) is 9.88 Å². The number of thiophene rings is 1. The van der Waals surface area contributed by atoms with Crippen molar-refractivity contribution < 1.29 is 27.1 Å². The highest BCUT2D eigenvalue weighted by atomic mass is 35.5. The number of carbonyl (C=O) groups is 1. The molecule has 4 aliphatic heterocycles. The lowest BCUT2D eigenvalue weighted by atomic mass is 9.73. The fraction of sp³-hybridized carbons (Fsp3) is 0.471. The molecule has 2 aromatic heterocycles. The minimum atomic E-state index is -2.11. The Kier molecular flexibility index (Phi) is 8.21. The molecule has 1 amide bonds. The van der Waals surface area contributed by atoms with E-state index in [1.54, 1.807) is 6.07 Å². The van der Waals surface area contributed by atoms with Crippen molar-refractivity contribution in [2.24, 2.45) is 5.41 Å². The van der Waals surface area contributed by atoms with Crippen LogP contribution in [0.5, 0.6) is 6.01 Å². The summed E-state index contributed by atoms with van der Waals surface area (Å²) in [5.41, 5.74) is 3.09. The van der Waals surface area contributed by atoms with Gasteiger partial charge in [0, 0.05) is 60.9 Å². The number of nitrogen functional groups attached to an aromatic ring is 1. The number of hydrogen-bond acceptors (Lipinski definition) is 9. The Morgan fingerprint density at radius 3 is 2.74 bits per heavy atom. The zero-order chi connectivity index (χ0) is 35.1. The van der Waals surface area contributed by atoms with Crippen LogP contribution in [-0.2, 0) is 4.79 Å². The third-order valence-electron chi connectivity index (χ3n) is 10.8. The number of amides is 1. The molecule has 2 N–H and O–H groups in total. The number of hydrogen-bond donors (Lipinski definition) is 1. The number of likely N-dealkylation sites (tertiary alicyclic amines) is 1. The normalized spacial score (nSPS) is 23.7. The molecule has 0 saturated carbocycles. The lowest BCUT2D eigenvalue weighted by Gasteiger charge is -2.54. The summed E-state index contributed by atoms with van der Waals surface area (Å²) in [5.74, 6) is -1.84. The largest absolute Gasteiger partial charge is 0.461 e. The molecule has 16 heteroatoms. The Morgan fingerprint density at radius 1 is 1.20 bits per heavy atom. The number of anilines is 2. The molecule has 1 spiro atoms. The minimum Gasteiger partial charge on any atom is -0.461 e. The quantitative estimate of drug-likeness (QED) is 0.169. The van der Waals surface area contributed by atoms with Gasteiger partial charge in [-0.1, -0.05) is 29.3 Å². The monoisotopic (exact) mass is 747 g/mol. The van der Waals surface area contributed by atoms with Crippen molar-refractivity contribution in [3.05, 3.63) is 40.4 Å². The maximum Gasteiger partial charge on any atom is 0.319 e. The van der Waals surface area contributed by atoms with Crippen LogP contribution in [0, 0.1) is 28.4 Å². The van der Waals surface area contributed by atoms with Gasteiger partial charge in [0.15, 0.2) is 5.82 Å². The molecule has 4 fully saturated rings. The molecule has 0 aliphatic carbocycles. The number of nitriles is 1. The zero-order valence-corrected chi connectivity index (χ0v) is 29.0. The maximum absolute atomic E-state index is 17.1. The Bertz CT molecular complexity index is 2110. The van der Waals surface area contributed by atoms with Gasteiger partial charge in [-0.3, -0.25) is 9.69 Å². The van der Waals surface area contributed by atoms with Crippen LogP contribution in [0.15, 0.2) is 18.2 Å². The Labute approximate surface area is 298 Å². The number of aromatic nitrogens is 2. The van der Waals surface area contributed by atoms with Gasteiger partial charge in [0.2, 0.25) is 0 Å². The number of nitrogens with two attached hydrogens (primary N) is 1. The fourth-order valence-electron chi connectivity index (χ4n) is 8.57. The van der Waals surface area contributed by atoms with Gasteiger partial charge >= 0.3 is 6.01 Å². The summed E-state index contributed by atoms with van der Waals surface area (Å²) >= 11 is 13.2. The van der Waals surface area contributed by atoms with Crippen molar-refractivity contribution in [1.82, 2.24) is 19.8 Å². The summed E-state index contributed by atoms with van der Waals surface area (Å²) in [7, 11) is 0. The SMILES string of the molecule is N#Cc1c(N)sc2c(F)ccc(-c3c(Cl)cc4c(N5CCCC6(CN(C(=O)C(F)Cl)C6)C5)nc(OC[C@@]56CCCN5C[C@H](F)C6)nc4c3F)c12. The Hall–Kier alpha value is -3.64. The molecule has 3 atom stereocenters. The molecule has 6 heterocycles. The fourth-order valence-corrected chi connectivity index (χ4v) is 9.95. The van der Waals surface area contributed by atoms with Gasteiger partial charge in [-0.25, -0.2) is 17.6 Å². The number of halogens is 6. The molecule has 0 radical (unpaired) electrons. The van der Waals surface area contributed by atoms with E-state index < -0.39 is 34.9 Å². The van der Waals surface area contributed by atoms with Crippen molar-refractivity contribution >= 4 is 72.3 Å². The number of ether oxygens (including phenoxy) is 1. The van der Waals surface area contributed by atoms with Crippen molar-refractivity contribution in [2.45, 2.75) is 49.4 Å². The molecule has 4 aromatic rings. The molecule has 262 valence electrons. The predicted molar refractivity (Wildman–Crippen MR) is 184 cm³/mol. The predicted octanol–water partition coefficient (Wildman–Crippen LogP) is 6.82. The first kappa shape index (κ1) is 33.5. The number of piperidine rings is 1. The van der Waals surface area contributed by atoms with Gasteiger partial charge in [-0.2, -0.15) is 15.2 Å². The van der Waals surface area contributed by atoms with Crippen LogP contribution in [0.25, 0.3) is 32.1 Å². The van der Waals surface area contributed by atoms with Gasteiger partial charge in [0.05, 0.1) is 20.8 Å². The Balaban J connectivity index is 1.24. The second-order valence-electron chi connectivity index (χ2n) is 13.9. The summed E-state index contributed by atoms with van der Waals surface area (Å²) < 4.78 is 66.4. The Morgan fingerprint density at radius 2 is 1.98 bits per heavy atom. The van der Waals surface area contributed by atoms with Gasteiger partial charge in [-0.05, 0) is 49.9 Å². The number of benzene rings is 2. The molecule has 4 aliphatic rings. The molecule has 4 saturated heterocycles. The first-order valence-corrected chi connectivity index (χ1v) is 18.0. The van der Waals surface area contributed by atoms with Gasteiger partial charge in [-0.15, -0.1) is 11.3 Å². The van der Waals surface area contributed by atoms with Gasteiger partial charge < -0.3 is 20.3 Å². The summed E-state index contributed by atoms with van der Waals surface area (Å²) in [4.78, 5) is 27.0. The topological polar surface area (TPSA) is 112 Å². The highest BCUT2D eigenvalue weighted by Gasteiger charge is 2.50. The van der Waals surface area contributed by atoms with Crippen LogP contribution >= 0.6 is 34.5 Å². The number of alkyl halides is 3. The van der Waals surface area contributed by atoms with Crippen LogP contribution in [0.3, 0.4) is 0 Å². The van der Waals surface area contributed by atoms with Crippen LogP contribution in [0.1, 0.15) is 37.7 Å².